The number of carboxylic acids is 1. The van der Waals surface area contributed by atoms with E-state index in [0.717, 1.165) is 12.6 Å². The molecule has 5 aromatic rings. The van der Waals surface area contributed by atoms with Gasteiger partial charge in [-0.3, -0.25) is 28.4 Å². The number of hydrogen-bond donors (Lipinski definition) is 4. The second-order valence-corrected chi connectivity index (χ2v) is 14.7. The molecule has 0 aromatic carbocycles. The van der Waals surface area contributed by atoms with Gasteiger partial charge in [-0.15, -0.1) is 21.5 Å². The molecular formula is C36H44N10O7S. The van der Waals surface area contributed by atoms with Gasteiger partial charge in [-0.2, -0.15) is 0 Å². The van der Waals surface area contributed by atoms with Crippen LogP contribution < -0.4 is 16.0 Å². The minimum absolute atomic E-state index is 0.00501. The van der Waals surface area contributed by atoms with Gasteiger partial charge in [0.05, 0.1) is 23.8 Å². The van der Waals surface area contributed by atoms with Crippen LogP contribution in [-0.4, -0.2) is 87.9 Å². The Hall–Kier alpha value is -5.91. The smallest absolute Gasteiger partial charge is 0.300 e. The van der Waals surface area contributed by atoms with Crippen molar-refractivity contribution < 1.29 is 33.5 Å². The van der Waals surface area contributed by atoms with Gasteiger partial charge in [-0.1, -0.05) is 27.7 Å². The molecule has 5 aromatic heterocycles. The number of rotatable bonds is 4. The first-order valence-electron chi connectivity index (χ1n) is 17.3. The maximum Gasteiger partial charge on any atom is 0.300 e. The molecule has 6 rings (SSSR count). The maximum absolute atomic E-state index is 14.2. The summed E-state index contributed by atoms with van der Waals surface area (Å²) in [5.74, 6) is -1.82. The Morgan fingerprint density at radius 2 is 1.69 bits per heavy atom. The Morgan fingerprint density at radius 1 is 0.981 bits per heavy atom. The quantitative estimate of drug-likeness (QED) is 0.207. The highest BCUT2D eigenvalue weighted by Gasteiger charge is 2.31. The van der Waals surface area contributed by atoms with E-state index < -0.39 is 47.7 Å². The summed E-state index contributed by atoms with van der Waals surface area (Å²) >= 11 is 1.26. The maximum atomic E-state index is 14.2. The number of aryl methyl sites for hydroxylation is 2. The first-order valence-corrected chi connectivity index (χ1v) is 18.2. The lowest BCUT2D eigenvalue weighted by Crippen LogP contribution is -2.48. The Morgan fingerprint density at radius 3 is 2.33 bits per heavy atom. The standard InChI is InChI=1S/C34H40N10O5S.C2H4O2/c1-17(2)26-32-39-28(20(6)49-32)31(47)35-19(5)13-43(15-25(45)37-27(18(3)4)33-36-22(16-50-33)30(46)38-26)34(48)21-10-11-24-40-41-29(44(24)14-21)23-9-8-12-42(23)7;1-2(3)4/h8-12,14,16-19,26-27H,13,15H2,1-7H3,(H,35,47)(H,37,45)(H,38,46);1H3,(H,3,4)/t19-,26-,27+;/m1./s1. The van der Waals surface area contributed by atoms with Crippen molar-refractivity contribution in [3.05, 3.63) is 75.6 Å². The van der Waals surface area contributed by atoms with Gasteiger partial charge >= 0.3 is 0 Å². The predicted octanol–water partition coefficient (Wildman–Crippen LogP) is 3.79. The number of carbonyl (C=O) groups is 5. The number of nitrogens with zero attached hydrogens (tertiary/aromatic N) is 7. The number of pyridine rings is 1. The normalized spacial score (nSPS) is 18.4. The third-order valence-corrected chi connectivity index (χ3v) is 9.49. The van der Waals surface area contributed by atoms with E-state index in [-0.39, 0.29) is 48.0 Å². The van der Waals surface area contributed by atoms with Crippen molar-refractivity contribution in [1.29, 1.82) is 0 Å². The van der Waals surface area contributed by atoms with Crippen molar-refractivity contribution in [2.75, 3.05) is 13.1 Å². The zero-order valence-corrected chi connectivity index (χ0v) is 32.1. The molecule has 4 bridgehead atoms. The highest BCUT2D eigenvalue weighted by atomic mass is 32.1. The second-order valence-electron chi connectivity index (χ2n) is 13.8. The van der Waals surface area contributed by atoms with Crippen LogP contribution in [0.25, 0.3) is 17.2 Å². The van der Waals surface area contributed by atoms with E-state index in [2.05, 4.69) is 36.1 Å². The molecule has 0 radical (unpaired) electrons. The van der Waals surface area contributed by atoms with Crippen molar-refractivity contribution in [3.63, 3.8) is 0 Å². The monoisotopic (exact) mass is 760 g/mol. The average Bonchev–Trinajstić information content (AvgIpc) is 3.91. The molecule has 0 saturated heterocycles. The van der Waals surface area contributed by atoms with Crippen LogP contribution in [0.1, 0.15) is 102 Å². The van der Waals surface area contributed by atoms with Gasteiger partial charge in [0.25, 0.3) is 23.7 Å². The minimum atomic E-state index is -0.833. The Balaban J connectivity index is 0.00000133. The van der Waals surface area contributed by atoms with Gasteiger partial charge in [-0.25, -0.2) is 9.97 Å². The van der Waals surface area contributed by atoms with Crippen LogP contribution in [0.15, 0.2) is 46.5 Å². The van der Waals surface area contributed by atoms with E-state index in [9.17, 15) is 19.2 Å². The first-order chi connectivity index (χ1) is 25.5. The molecule has 0 fully saturated rings. The summed E-state index contributed by atoms with van der Waals surface area (Å²) in [6.45, 7) is 11.8. The number of thiazole rings is 1. The molecular weight excluding hydrogens is 717 g/mol. The number of aliphatic carboxylic acids is 1. The summed E-state index contributed by atoms with van der Waals surface area (Å²) in [4.78, 5) is 74.2. The predicted molar refractivity (Wildman–Crippen MR) is 198 cm³/mol. The van der Waals surface area contributed by atoms with E-state index >= 15 is 0 Å². The Kier molecular flexibility index (Phi) is 11.9. The highest BCUT2D eigenvalue weighted by molar-refractivity contribution is 7.09. The first kappa shape index (κ1) is 39.3. The number of carbonyl (C=O) groups excluding carboxylic acids is 4. The Labute approximate surface area is 315 Å². The molecule has 3 atom stereocenters. The van der Waals surface area contributed by atoms with Crippen LogP contribution in [0.2, 0.25) is 0 Å². The zero-order valence-electron chi connectivity index (χ0n) is 31.3. The van der Waals surface area contributed by atoms with Gasteiger partial charge in [0.1, 0.15) is 22.5 Å². The van der Waals surface area contributed by atoms with E-state index in [0.29, 0.717) is 22.0 Å². The van der Waals surface area contributed by atoms with Crippen molar-refractivity contribution in [1.82, 2.24) is 50.0 Å². The molecule has 0 aliphatic carbocycles. The molecule has 4 amide bonds. The molecule has 6 heterocycles. The summed E-state index contributed by atoms with van der Waals surface area (Å²) in [5, 5.41) is 27.1. The molecule has 17 nitrogen and oxygen atoms in total. The van der Waals surface area contributed by atoms with E-state index in [4.69, 9.17) is 14.3 Å². The van der Waals surface area contributed by atoms with Gasteiger partial charge in [-0.05, 0) is 49.9 Å². The van der Waals surface area contributed by atoms with Gasteiger partial charge < -0.3 is 34.9 Å². The van der Waals surface area contributed by atoms with Gasteiger partial charge in [0, 0.05) is 44.3 Å². The molecule has 54 heavy (non-hydrogen) atoms. The summed E-state index contributed by atoms with van der Waals surface area (Å²) in [6.07, 6.45) is 3.54. The number of oxazole rings is 1. The highest BCUT2D eigenvalue weighted by Crippen LogP contribution is 2.28. The third-order valence-electron chi connectivity index (χ3n) is 8.57. The summed E-state index contributed by atoms with van der Waals surface area (Å²) < 4.78 is 9.54. The minimum Gasteiger partial charge on any atom is -0.481 e. The number of fused-ring (bicyclic) bond motifs is 5. The average molecular weight is 761 g/mol. The topological polar surface area (TPSA) is 219 Å². The molecule has 18 heteroatoms. The van der Waals surface area contributed by atoms with Crippen LogP contribution >= 0.6 is 11.3 Å². The largest absolute Gasteiger partial charge is 0.481 e. The lowest BCUT2D eigenvalue weighted by atomic mass is 10.0. The van der Waals surface area contributed by atoms with Crippen molar-refractivity contribution >= 4 is 46.6 Å². The van der Waals surface area contributed by atoms with Crippen LogP contribution in [-0.2, 0) is 16.6 Å². The fourth-order valence-electron chi connectivity index (χ4n) is 5.89. The van der Waals surface area contributed by atoms with E-state index in [1.807, 2.05) is 57.6 Å². The van der Waals surface area contributed by atoms with Gasteiger partial charge in [0.15, 0.2) is 17.2 Å². The molecule has 0 spiro atoms. The molecule has 0 saturated carbocycles. The number of aromatic nitrogens is 6. The van der Waals surface area contributed by atoms with Crippen molar-refractivity contribution in [2.24, 2.45) is 18.9 Å². The zero-order chi connectivity index (χ0) is 39.4. The number of nitrogens with one attached hydrogen (secondary N) is 3. The third kappa shape index (κ3) is 8.82. The van der Waals surface area contributed by atoms with E-state index in [1.165, 1.54) is 16.2 Å². The van der Waals surface area contributed by atoms with Crippen molar-refractivity contribution in [2.45, 2.75) is 66.6 Å². The SMILES string of the molecule is CC(=O)O.Cc1oc2nc1C(=O)N[C@H](C)CN(C(=O)c1ccc3nnc(-c4cccn4C)n3c1)CC(=O)N[C@@H](C(C)C)c1nc(cs1)C(=O)N[C@@H]2C(C)C. The fraction of sp³-hybridized carbons (Fsp3) is 0.417. The lowest BCUT2D eigenvalue weighted by molar-refractivity contribution is -0.134. The summed E-state index contributed by atoms with van der Waals surface area (Å²) in [7, 11) is 1.89. The van der Waals surface area contributed by atoms with Crippen LogP contribution in [0.3, 0.4) is 0 Å². The molecule has 286 valence electrons. The summed E-state index contributed by atoms with van der Waals surface area (Å²) in [5.41, 5.74) is 1.90. The number of hydrogen-bond acceptors (Lipinski definition) is 11. The fourth-order valence-corrected chi connectivity index (χ4v) is 6.91. The second kappa shape index (κ2) is 16.4. The number of carboxylic acid groups (broad SMARTS) is 1. The molecule has 1 aliphatic heterocycles. The van der Waals surface area contributed by atoms with Crippen molar-refractivity contribution in [3.8, 4) is 11.5 Å². The number of amides is 4. The lowest BCUT2D eigenvalue weighted by Gasteiger charge is -2.28. The van der Waals surface area contributed by atoms with Crippen LogP contribution in [0, 0.1) is 18.8 Å². The molecule has 0 unspecified atom stereocenters. The molecule has 1 aliphatic rings. The molecule has 4 N–H and O–H groups in total. The van der Waals surface area contributed by atoms with Gasteiger partial charge in [0.2, 0.25) is 11.8 Å². The van der Waals surface area contributed by atoms with E-state index in [1.54, 1.807) is 42.0 Å². The van der Waals surface area contributed by atoms with Crippen LogP contribution in [0.4, 0.5) is 0 Å². The Bertz CT molecular complexity index is 2180. The summed E-state index contributed by atoms with van der Waals surface area (Å²) in [6, 6.07) is 5.37. The van der Waals surface area contributed by atoms with Crippen LogP contribution in [0.5, 0.6) is 0 Å².